The second-order valence-electron chi connectivity index (χ2n) is 2.97. The maximum atomic E-state index is 11.5. The van der Waals surface area contributed by atoms with Crippen molar-refractivity contribution in [1.82, 2.24) is 0 Å². The van der Waals surface area contributed by atoms with Gasteiger partial charge in [0.1, 0.15) is 11.5 Å². The summed E-state index contributed by atoms with van der Waals surface area (Å²) < 4.78 is 5.24. The summed E-state index contributed by atoms with van der Waals surface area (Å²) in [5.74, 6) is 0.424. The lowest BCUT2D eigenvalue weighted by Crippen LogP contribution is -2.10. The summed E-state index contributed by atoms with van der Waals surface area (Å²) in [5, 5.41) is 11.3. The molecule has 0 bridgehead atoms. The zero-order valence-corrected chi connectivity index (χ0v) is 8.73. The highest BCUT2D eigenvalue weighted by Gasteiger charge is 2.09. The number of rotatable bonds is 4. The largest absolute Gasteiger partial charge is 0.494 e. The number of benzene rings is 1. The quantitative estimate of drug-likeness (QED) is 0.356. The van der Waals surface area contributed by atoms with Crippen molar-refractivity contribution in [2.75, 3.05) is 6.61 Å². The van der Waals surface area contributed by atoms with Crippen molar-refractivity contribution >= 4 is 11.5 Å². The van der Waals surface area contributed by atoms with E-state index in [9.17, 15) is 4.79 Å². The fourth-order valence-electron chi connectivity index (χ4n) is 1.12. The van der Waals surface area contributed by atoms with E-state index in [1.54, 1.807) is 24.3 Å². The first-order valence-electron chi connectivity index (χ1n) is 4.65. The first-order chi connectivity index (χ1) is 7.19. The van der Waals surface area contributed by atoms with E-state index in [4.69, 9.17) is 9.94 Å². The summed E-state index contributed by atoms with van der Waals surface area (Å²) in [5.41, 5.74) is 0.549. The molecular formula is C11H13NO3. The minimum atomic E-state index is -0.291. The summed E-state index contributed by atoms with van der Waals surface area (Å²) in [6.45, 7) is 3.94. The Kier molecular flexibility index (Phi) is 3.85. The van der Waals surface area contributed by atoms with Gasteiger partial charge in [0.2, 0.25) is 5.78 Å². The Hall–Kier alpha value is -1.84. The van der Waals surface area contributed by atoms with Gasteiger partial charge in [0, 0.05) is 5.56 Å². The molecule has 1 aromatic rings. The van der Waals surface area contributed by atoms with Crippen LogP contribution in [0.15, 0.2) is 29.4 Å². The van der Waals surface area contributed by atoms with Crippen LogP contribution in [0.1, 0.15) is 24.2 Å². The predicted octanol–water partition coefficient (Wildman–Crippen LogP) is 2.12. The molecule has 0 heterocycles. The summed E-state index contributed by atoms with van der Waals surface area (Å²) >= 11 is 0. The van der Waals surface area contributed by atoms with Crippen molar-refractivity contribution in [3.8, 4) is 5.75 Å². The van der Waals surface area contributed by atoms with E-state index in [-0.39, 0.29) is 11.5 Å². The van der Waals surface area contributed by atoms with Crippen LogP contribution in [0.25, 0.3) is 0 Å². The summed E-state index contributed by atoms with van der Waals surface area (Å²) in [4.78, 5) is 11.5. The molecule has 1 aromatic carbocycles. The van der Waals surface area contributed by atoms with E-state index in [0.717, 1.165) is 0 Å². The van der Waals surface area contributed by atoms with Crippen LogP contribution in [-0.2, 0) is 0 Å². The average molecular weight is 207 g/mol. The molecule has 0 amide bonds. The minimum absolute atomic E-state index is 0.0687. The normalized spacial score (nSPS) is 11.2. The van der Waals surface area contributed by atoms with E-state index in [2.05, 4.69) is 5.16 Å². The van der Waals surface area contributed by atoms with Gasteiger partial charge >= 0.3 is 0 Å². The second-order valence-corrected chi connectivity index (χ2v) is 2.97. The maximum absolute atomic E-state index is 11.5. The molecule has 0 atom stereocenters. The molecule has 0 radical (unpaired) electrons. The summed E-state index contributed by atoms with van der Waals surface area (Å²) in [6, 6.07) is 6.70. The number of ketones is 1. The topological polar surface area (TPSA) is 58.9 Å². The molecule has 0 aliphatic carbocycles. The molecule has 0 saturated heterocycles. The third-order valence-corrected chi connectivity index (χ3v) is 1.91. The molecule has 4 nitrogen and oxygen atoms in total. The Morgan fingerprint density at radius 1 is 1.40 bits per heavy atom. The Balaban J connectivity index is 2.84. The van der Waals surface area contributed by atoms with Gasteiger partial charge in [-0.1, -0.05) is 5.16 Å². The van der Waals surface area contributed by atoms with E-state index < -0.39 is 0 Å². The monoisotopic (exact) mass is 207 g/mol. The highest BCUT2D eigenvalue weighted by molar-refractivity contribution is 6.45. The molecule has 0 saturated carbocycles. The molecule has 1 N–H and O–H groups in total. The molecule has 1 rings (SSSR count). The van der Waals surface area contributed by atoms with Gasteiger partial charge in [-0.25, -0.2) is 0 Å². The van der Waals surface area contributed by atoms with E-state index in [1.807, 2.05) is 6.92 Å². The average Bonchev–Trinajstić information content (AvgIpc) is 2.28. The highest BCUT2D eigenvalue weighted by atomic mass is 16.5. The van der Waals surface area contributed by atoms with Crippen LogP contribution >= 0.6 is 0 Å². The molecule has 80 valence electrons. The number of oxime groups is 1. The fourth-order valence-corrected chi connectivity index (χ4v) is 1.12. The van der Waals surface area contributed by atoms with Gasteiger partial charge in [-0.2, -0.15) is 0 Å². The molecule has 0 aliphatic heterocycles. The van der Waals surface area contributed by atoms with Crippen LogP contribution in [0.4, 0.5) is 0 Å². The van der Waals surface area contributed by atoms with Crippen molar-refractivity contribution < 1.29 is 14.7 Å². The van der Waals surface area contributed by atoms with E-state index in [0.29, 0.717) is 17.9 Å². The van der Waals surface area contributed by atoms with Gasteiger partial charge in [-0.05, 0) is 38.1 Å². The number of ether oxygens (including phenoxy) is 1. The van der Waals surface area contributed by atoms with Crippen LogP contribution in [0.5, 0.6) is 5.75 Å². The number of carbonyl (C=O) groups excluding carboxylic acids is 1. The Morgan fingerprint density at radius 2 is 2.00 bits per heavy atom. The standard InChI is InChI=1S/C11H13NO3/c1-3-15-10-6-4-9(5-7-10)11(13)8(2)12-14/h4-7,14H,3H2,1-2H3/b12-8-. The van der Waals surface area contributed by atoms with E-state index in [1.165, 1.54) is 6.92 Å². The molecule has 0 aliphatic rings. The van der Waals surface area contributed by atoms with Gasteiger partial charge in [-0.3, -0.25) is 4.79 Å². The van der Waals surface area contributed by atoms with Crippen molar-refractivity contribution in [2.45, 2.75) is 13.8 Å². The third-order valence-electron chi connectivity index (χ3n) is 1.91. The third kappa shape index (κ3) is 2.80. The Morgan fingerprint density at radius 3 is 2.47 bits per heavy atom. The molecule has 0 spiro atoms. The second kappa shape index (κ2) is 5.14. The molecule has 15 heavy (non-hydrogen) atoms. The first-order valence-corrected chi connectivity index (χ1v) is 4.65. The maximum Gasteiger partial charge on any atom is 0.210 e. The molecular weight excluding hydrogens is 194 g/mol. The zero-order chi connectivity index (χ0) is 11.3. The predicted molar refractivity (Wildman–Crippen MR) is 56.8 cm³/mol. The van der Waals surface area contributed by atoms with Gasteiger partial charge in [0.15, 0.2) is 0 Å². The fraction of sp³-hybridized carbons (Fsp3) is 0.273. The Labute approximate surface area is 88.2 Å². The van der Waals surface area contributed by atoms with Crippen molar-refractivity contribution in [1.29, 1.82) is 0 Å². The zero-order valence-electron chi connectivity index (χ0n) is 8.73. The Bertz CT molecular complexity index is 368. The minimum Gasteiger partial charge on any atom is -0.494 e. The smallest absolute Gasteiger partial charge is 0.210 e. The molecule has 0 unspecified atom stereocenters. The number of nitrogens with zero attached hydrogens (tertiary/aromatic N) is 1. The van der Waals surface area contributed by atoms with E-state index >= 15 is 0 Å². The lowest BCUT2D eigenvalue weighted by molar-refractivity contribution is 0.106. The lowest BCUT2D eigenvalue weighted by Gasteiger charge is -2.03. The van der Waals surface area contributed by atoms with Crippen LogP contribution in [0.3, 0.4) is 0 Å². The molecule has 0 aromatic heterocycles. The lowest BCUT2D eigenvalue weighted by atomic mass is 10.1. The van der Waals surface area contributed by atoms with Gasteiger partial charge < -0.3 is 9.94 Å². The van der Waals surface area contributed by atoms with Gasteiger partial charge in [0.05, 0.1) is 6.61 Å². The van der Waals surface area contributed by atoms with Crippen molar-refractivity contribution in [3.63, 3.8) is 0 Å². The molecule has 4 heteroatoms. The number of Topliss-reactive ketones (excluding diaryl/α,β-unsaturated/α-hetero) is 1. The first kappa shape index (κ1) is 11.2. The SMILES string of the molecule is CCOc1ccc(C(=O)/C(C)=N\O)cc1. The van der Waals surface area contributed by atoms with Crippen LogP contribution in [-0.4, -0.2) is 23.3 Å². The molecule has 0 fully saturated rings. The van der Waals surface area contributed by atoms with Crippen LogP contribution in [0.2, 0.25) is 0 Å². The number of carbonyl (C=O) groups is 1. The number of hydrogen-bond donors (Lipinski definition) is 1. The van der Waals surface area contributed by atoms with Gasteiger partial charge in [-0.15, -0.1) is 0 Å². The van der Waals surface area contributed by atoms with Crippen molar-refractivity contribution in [3.05, 3.63) is 29.8 Å². The summed E-state index contributed by atoms with van der Waals surface area (Å²) in [7, 11) is 0. The van der Waals surface area contributed by atoms with Crippen LogP contribution < -0.4 is 4.74 Å². The van der Waals surface area contributed by atoms with Crippen LogP contribution in [0, 0.1) is 0 Å². The highest BCUT2D eigenvalue weighted by Crippen LogP contribution is 2.12. The number of hydrogen-bond acceptors (Lipinski definition) is 4. The van der Waals surface area contributed by atoms with Gasteiger partial charge in [0.25, 0.3) is 0 Å². The summed E-state index contributed by atoms with van der Waals surface area (Å²) in [6.07, 6.45) is 0. The van der Waals surface area contributed by atoms with Crippen molar-refractivity contribution in [2.24, 2.45) is 5.16 Å².